The monoisotopic (exact) mass is 369 g/mol. The first kappa shape index (κ1) is 19.2. The normalized spacial score (nSPS) is 16.3. The zero-order valence-corrected chi connectivity index (χ0v) is 16.2. The number of piperidine rings is 1. The number of hydrogen-bond acceptors (Lipinski definition) is 5. The zero-order chi connectivity index (χ0) is 19.4. The highest BCUT2D eigenvalue weighted by molar-refractivity contribution is 5.92. The SMILES string of the molecule is CC(C)(C)c1cc(C(=O)NC2CCN(Cc3ccncc3)CC2)nc(=O)[nH]1. The first-order chi connectivity index (χ1) is 12.8. The van der Waals surface area contributed by atoms with Crippen LogP contribution < -0.4 is 11.0 Å². The van der Waals surface area contributed by atoms with Crippen LogP contribution in [-0.4, -0.2) is 44.9 Å². The lowest BCUT2D eigenvalue weighted by Gasteiger charge is -2.32. The van der Waals surface area contributed by atoms with Crippen molar-refractivity contribution in [2.24, 2.45) is 0 Å². The molecule has 7 heteroatoms. The van der Waals surface area contributed by atoms with Gasteiger partial charge in [-0.15, -0.1) is 0 Å². The van der Waals surface area contributed by atoms with Crippen LogP contribution in [0, 0.1) is 0 Å². The van der Waals surface area contributed by atoms with E-state index >= 15 is 0 Å². The van der Waals surface area contributed by atoms with E-state index in [9.17, 15) is 9.59 Å². The molecule has 0 unspecified atom stereocenters. The summed E-state index contributed by atoms with van der Waals surface area (Å²) in [5.74, 6) is -0.279. The third-order valence-electron chi connectivity index (χ3n) is 4.86. The maximum atomic E-state index is 12.6. The van der Waals surface area contributed by atoms with Gasteiger partial charge in [0.1, 0.15) is 5.69 Å². The van der Waals surface area contributed by atoms with Crippen molar-refractivity contribution in [3.63, 3.8) is 0 Å². The van der Waals surface area contributed by atoms with Crippen LogP contribution in [0.3, 0.4) is 0 Å². The van der Waals surface area contributed by atoms with Crippen LogP contribution in [0.2, 0.25) is 0 Å². The molecule has 3 heterocycles. The van der Waals surface area contributed by atoms with Gasteiger partial charge in [-0.1, -0.05) is 20.8 Å². The number of nitrogens with zero attached hydrogens (tertiary/aromatic N) is 3. The van der Waals surface area contributed by atoms with Crippen LogP contribution in [0.15, 0.2) is 35.4 Å². The van der Waals surface area contributed by atoms with E-state index in [0.29, 0.717) is 5.69 Å². The molecule has 1 saturated heterocycles. The van der Waals surface area contributed by atoms with Crippen molar-refractivity contribution < 1.29 is 4.79 Å². The third-order valence-corrected chi connectivity index (χ3v) is 4.86. The van der Waals surface area contributed by atoms with Crippen LogP contribution in [0.5, 0.6) is 0 Å². The number of hydrogen-bond donors (Lipinski definition) is 2. The van der Waals surface area contributed by atoms with Crippen molar-refractivity contribution in [2.45, 2.75) is 51.6 Å². The van der Waals surface area contributed by atoms with E-state index in [-0.39, 0.29) is 23.1 Å². The molecule has 144 valence electrons. The molecular weight excluding hydrogens is 342 g/mol. The molecule has 1 fully saturated rings. The number of H-pyrrole nitrogens is 1. The maximum Gasteiger partial charge on any atom is 0.345 e. The Kier molecular flexibility index (Phi) is 5.70. The maximum absolute atomic E-state index is 12.6. The van der Waals surface area contributed by atoms with Gasteiger partial charge in [-0.2, -0.15) is 4.98 Å². The van der Waals surface area contributed by atoms with Crippen molar-refractivity contribution in [2.75, 3.05) is 13.1 Å². The number of carbonyl (C=O) groups excluding carboxylic acids is 1. The highest BCUT2D eigenvalue weighted by Gasteiger charge is 2.23. The second kappa shape index (κ2) is 8.00. The number of pyridine rings is 1. The fourth-order valence-corrected chi connectivity index (χ4v) is 3.22. The van der Waals surface area contributed by atoms with Gasteiger partial charge in [-0.3, -0.25) is 14.7 Å². The second-order valence-electron chi connectivity index (χ2n) is 8.11. The molecule has 2 aromatic heterocycles. The average molecular weight is 369 g/mol. The molecule has 0 bridgehead atoms. The summed E-state index contributed by atoms with van der Waals surface area (Å²) in [6.45, 7) is 8.69. The van der Waals surface area contributed by atoms with E-state index in [4.69, 9.17) is 0 Å². The first-order valence-corrected chi connectivity index (χ1v) is 9.35. The summed E-state index contributed by atoms with van der Waals surface area (Å²) in [5, 5.41) is 3.03. The summed E-state index contributed by atoms with van der Waals surface area (Å²) in [6, 6.07) is 5.83. The molecule has 0 aliphatic carbocycles. The summed E-state index contributed by atoms with van der Waals surface area (Å²) in [7, 11) is 0. The van der Waals surface area contributed by atoms with Crippen LogP contribution in [0.1, 0.15) is 55.4 Å². The molecule has 2 aromatic rings. The molecule has 0 aromatic carbocycles. The first-order valence-electron chi connectivity index (χ1n) is 9.35. The van der Waals surface area contributed by atoms with Gasteiger partial charge in [-0.05, 0) is 36.6 Å². The number of likely N-dealkylation sites (tertiary alicyclic amines) is 1. The van der Waals surface area contributed by atoms with E-state index in [1.807, 2.05) is 45.3 Å². The predicted molar refractivity (Wildman–Crippen MR) is 104 cm³/mol. The number of amides is 1. The number of aromatic nitrogens is 3. The summed E-state index contributed by atoms with van der Waals surface area (Å²) in [4.78, 5) is 37.4. The van der Waals surface area contributed by atoms with E-state index in [1.165, 1.54) is 5.56 Å². The Bertz CT molecular complexity index is 833. The fraction of sp³-hybridized carbons (Fsp3) is 0.500. The Hall–Kier alpha value is -2.54. The van der Waals surface area contributed by atoms with Crippen LogP contribution in [0.4, 0.5) is 0 Å². The third kappa shape index (κ3) is 5.23. The zero-order valence-electron chi connectivity index (χ0n) is 16.2. The molecule has 1 aliphatic rings. The lowest BCUT2D eigenvalue weighted by Crippen LogP contribution is -2.44. The van der Waals surface area contributed by atoms with Crippen molar-refractivity contribution in [3.05, 3.63) is 58.0 Å². The quantitative estimate of drug-likeness (QED) is 0.858. The van der Waals surface area contributed by atoms with Gasteiger partial charge in [-0.25, -0.2) is 4.79 Å². The van der Waals surface area contributed by atoms with Gasteiger partial charge in [0, 0.05) is 49.2 Å². The lowest BCUT2D eigenvalue weighted by molar-refractivity contribution is 0.0903. The summed E-state index contributed by atoms with van der Waals surface area (Å²) >= 11 is 0. The van der Waals surface area contributed by atoms with Crippen molar-refractivity contribution >= 4 is 5.91 Å². The molecule has 0 spiro atoms. The van der Waals surface area contributed by atoms with E-state index in [1.54, 1.807) is 6.07 Å². The highest BCUT2D eigenvalue weighted by Crippen LogP contribution is 2.19. The number of rotatable bonds is 4. The molecule has 0 radical (unpaired) electrons. The van der Waals surface area contributed by atoms with Crippen LogP contribution in [-0.2, 0) is 12.0 Å². The Morgan fingerprint density at radius 3 is 2.56 bits per heavy atom. The Morgan fingerprint density at radius 1 is 1.26 bits per heavy atom. The largest absolute Gasteiger partial charge is 0.348 e. The Balaban J connectivity index is 1.57. The summed E-state index contributed by atoms with van der Waals surface area (Å²) < 4.78 is 0. The van der Waals surface area contributed by atoms with Crippen molar-refractivity contribution in [1.29, 1.82) is 0 Å². The molecule has 0 atom stereocenters. The average Bonchev–Trinajstić information content (AvgIpc) is 2.63. The minimum atomic E-state index is -0.486. The number of aromatic amines is 1. The highest BCUT2D eigenvalue weighted by atomic mass is 16.2. The molecule has 1 aliphatic heterocycles. The van der Waals surface area contributed by atoms with Crippen LogP contribution in [0.25, 0.3) is 0 Å². The summed E-state index contributed by atoms with van der Waals surface area (Å²) in [5.41, 5.74) is 1.40. The van der Waals surface area contributed by atoms with Gasteiger partial charge in [0.15, 0.2) is 0 Å². The lowest BCUT2D eigenvalue weighted by atomic mass is 9.91. The van der Waals surface area contributed by atoms with Crippen molar-refractivity contribution in [3.8, 4) is 0 Å². The Labute approximate surface area is 159 Å². The van der Waals surface area contributed by atoms with Gasteiger partial charge >= 0.3 is 5.69 Å². The topological polar surface area (TPSA) is 91.0 Å². The van der Waals surface area contributed by atoms with E-state index < -0.39 is 5.69 Å². The molecule has 1 amide bonds. The molecule has 27 heavy (non-hydrogen) atoms. The molecule has 3 rings (SSSR count). The van der Waals surface area contributed by atoms with Gasteiger partial charge in [0.2, 0.25) is 0 Å². The number of carbonyl (C=O) groups is 1. The minimum Gasteiger partial charge on any atom is -0.348 e. The molecule has 0 saturated carbocycles. The summed E-state index contributed by atoms with van der Waals surface area (Å²) in [6.07, 6.45) is 5.38. The number of nitrogens with one attached hydrogen (secondary N) is 2. The van der Waals surface area contributed by atoms with E-state index in [2.05, 4.69) is 25.2 Å². The predicted octanol–water partition coefficient (Wildman–Crippen LogP) is 1.86. The molecular formula is C20H27N5O2. The molecule has 2 N–H and O–H groups in total. The second-order valence-corrected chi connectivity index (χ2v) is 8.11. The smallest absolute Gasteiger partial charge is 0.345 e. The Morgan fingerprint density at radius 2 is 1.93 bits per heavy atom. The van der Waals surface area contributed by atoms with Gasteiger partial charge in [0.25, 0.3) is 5.91 Å². The molecule has 7 nitrogen and oxygen atoms in total. The fourth-order valence-electron chi connectivity index (χ4n) is 3.22. The van der Waals surface area contributed by atoms with Crippen molar-refractivity contribution in [1.82, 2.24) is 25.2 Å². The van der Waals surface area contributed by atoms with Crippen LogP contribution >= 0.6 is 0 Å². The standard InChI is InChI=1S/C20H27N5O2/c1-20(2,3)17-12-16(23-19(27)24-17)18(26)22-15-6-10-25(11-7-15)13-14-4-8-21-9-5-14/h4-5,8-9,12,15H,6-7,10-11,13H2,1-3H3,(H,22,26)(H,23,24,27). The van der Waals surface area contributed by atoms with E-state index in [0.717, 1.165) is 32.5 Å². The minimum absolute atomic E-state index is 0.102. The van der Waals surface area contributed by atoms with Gasteiger partial charge in [0.05, 0.1) is 0 Å². The van der Waals surface area contributed by atoms with Gasteiger partial charge < -0.3 is 10.3 Å².